The Bertz CT molecular complexity index is 200. The summed E-state index contributed by atoms with van der Waals surface area (Å²) in [4.78, 5) is 0. The average molecular weight is 185 g/mol. The second kappa shape index (κ2) is 4.40. The first-order valence-electron chi connectivity index (χ1n) is 4.36. The van der Waals surface area contributed by atoms with Gasteiger partial charge in [-0.1, -0.05) is 6.92 Å². The fraction of sp³-hybridized carbons (Fsp3) is 0.750. The van der Waals surface area contributed by atoms with E-state index in [1.54, 1.807) is 0 Å². The predicted octanol–water partition coefficient (Wildman–Crippen LogP) is 1.39. The molecule has 3 N–H and O–H groups in total. The monoisotopic (exact) mass is 185 g/mol. The summed E-state index contributed by atoms with van der Waals surface area (Å²) < 4.78 is 0. The summed E-state index contributed by atoms with van der Waals surface area (Å²) in [5.74, 6) is 0.645. The fourth-order valence-corrected chi connectivity index (χ4v) is 1.66. The van der Waals surface area contributed by atoms with Crippen molar-refractivity contribution >= 4 is 23.0 Å². The molecule has 0 radical (unpaired) electrons. The van der Waals surface area contributed by atoms with Gasteiger partial charge in [-0.3, -0.25) is 5.43 Å². The van der Waals surface area contributed by atoms with Crippen LogP contribution in [0.15, 0.2) is 5.10 Å². The number of hydrogen-bond donors (Lipinski definition) is 2. The molecular weight excluding hydrogens is 170 g/mol. The Morgan fingerprint density at radius 2 is 2.58 bits per heavy atom. The molecule has 0 amide bonds. The van der Waals surface area contributed by atoms with Gasteiger partial charge in [0.1, 0.15) is 0 Å². The molecule has 0 aliphatic heterocycles. The molecule has 12 heavy (non-hydrogen) atoms. The topological polar surface area (TPSA) is 50.4 Å². The molecule has 3 nitrogen and oxygen atoms in total. The van der Waals surface area contributed by atoms with Gasteiger partial charge in [0.25, 0.3) is 0 Å². The van der Waals surface area contributed by atoms with Crippen molar-refractivity contribution in [3.63, 3.8) is 0 Å². The molecular formula is C8H15N3S. The highest BCUT2D eigenvalue weighted by atomic mass is 32.1. The van der Waals surface area contributed by atoms with Crippen LogP contribution in [0.5, 0.6) is 0 Å². The molecule has 0 aromatic heterocycles. The highest BCUT2D eigenvalue weighted by Gasteiger charge is 2.20. The summed E-state index contributed by atoms with van der Waals surface area (Å²) in [5.41, 5.74) is 9.15. The number of nitrogens with zero attached hydrogens (tertiary/aromatic N) is 1. The van der Waals surface area contributed by atoms with Crippen LogP contribution in [0.1, 0.15) is 32.6 Å². The van der Waals surface area contributed by atoms with E-state index in [9.17, 15) is 0 Å². The molecule has 0 heterocycles. The highest BCUT2D eigenvalue weighted by molar-refractivity contribution is 7.80. The van der Waals surface area contributed by atoms with Crippen molar-refractivity contribution in [2.45, 2.75) is 32.6 Å². The smallest absolute Gasteiger partial charge is 0.184 e. The van der Waals surface area contributed by atoms with Crippen molar-refractivity contribution in [3.05, 3.63) is 0 Å². The van der Waals surface area contributed by atoms with Gasteiger partial charge in [0, 0.05) is 5.71 Å². The average Bonchev–Trinajstić information content (AvgIpc) is 2.47. The van der Waals surface area contributed by atoms with E-state index < -0.39 is 0 Å². The van der Waals surface area contributed by atoms with Gasteiger partial charge in [0.05, 0.1) is 0 Å². The van der Waals surface area contributed by atoms with Crippen LogP contribution in [0.3, 0.4) is 0 Å². The summed E-state index contributed by atoms with van der Waals surface area (Å²) in [7, 11) is 0. The maximum atomic E-state index is 5.27. The van der Waals surface area contributed by atoms with Gasteiger partial charge in [-0.15, -0.1) is 0 Å². The SMILES string of the molecule is CCC1CCCC1=NNC(N)=S. The van der Waals surface area contributed by atoms with Crippen LogP contribution in [-0.2, 0) is 0 Å². The third-order valence-corrected chi connectivity index (χ3v) is 2.35. The minimum atomic E-state index is 0.254. The van der Waals surface area contributed by atoms with Crippen molar-refractivity contribution in [1.82, 2.24) is 5.43 Å². The Morgan fingerprint density at radius 1 is 1.83 bits per heavy atom. The van der Waals surface area contributed by atoms with Crippen LogP contribution in [-0.4, -0.2) is 10.8 Å². The maximum Gasteiger partial charge on any atom is 0.184 e. The zero-order valence-electron chi connectivity index (χ0n) is 7.34. The lowest BCUT2D eigenvalue weighted by Gasteiger charge is -2.06. The minimum Gasteiger partial charge on any atom is -0.375 e. The first-order valence-corrected chi connectivity index (χ1v) is 4.76. The van der Waals surface area contributed by atoms with E-state index in [0.29, 0.717) is 5.92 Å². The molecule has 0 aromatic carbocycles. The molecule has 68 valence electrons. The first-order chi connectivity index (χ1) is 5.74. The summed E-state index contributed by atoms with van der Waals surface area (Å²) in [5, 5.41) is 4.43. The quantitative estimate of drug-likeness (QED) is 0.505. The molecule has 0 spiro atoms. The number of nitrogens with one attached hydrogen (secondary N) is 1. The van der Waals surface area contributed by atoms with E-state index in [-0.39, 0.29) is 5.11 Å². The molecule has 1 rings (SSSR count). The van der Waals surface area contributed by atoms with Crippen LogP contribution in [0.2, 0.25) is 0 Å². The molecule has 1 saturated carbocycles. The van der Waals surface area contributed by atoms with Gasteiger partial charge in [-0.2, -0.15) is 5.10 Å². The van der Waals surface area contributed by atoms with Crippen LogP contribution in [0, 0.1) is 5.92 Å². The number of thiocarbonyl (C=S) groups is 1. The summed E-state index contributed by atoms with van der Waals surface area (Å²) in [6.07, 6.45) is 4.76. The van der Waals surface area contributed by atoms with Crippen molar-refractivity contribution in [3.8, 4) is 0 Å². The van der Waals surface area contributed by atoms with Gasteiger partial charge in [-0.25, -0.2) is 0 Å². The van der Waals surface area contributed by atoms with Crippen LogP contribution < -0.4 is 11.2 Å². The van der Waals surface area contributed by atoms with E-state index >= 15 is 0 Å². The van der Waals surface area contributed by atoms with E-state index in [1.807, 2.05) is 0 Å². The lowest BCUT2D eigenvalue weighted by Crippen LogP contribution is -2.26. The molecule has 1 aliphatic carbocycles. The van der Waals surface area contributed by atoms with Crippen molar-refractivity contribution in [2.24, 2.45) is 16.8 Å². The zero-order valence-corrected chi connectivity index (χ0v) is 8.16. The lowest BCUT2D eigenvalue weighted by atomic mass is 10.0. The second-order valence-corrected chi connectivity index (χ2v) is 3.52. The molecule has 0 aromatic rings. The Kier molecular flexibility index (Phi) is 3.47. The number of hydrazone groups is 1. The van der Waals surface area contributed by atoms with Gasteiger partial charge < -0.3 is 5.73 Å². The zero-order chi connectivity index (χ0) is 8.97. The van der Waals surface area contributed by atoms with Crippen molar-refractivity contribution < 1.29 is 0 Å². The number of rotatable bonds is 2. The predicted molar refractivity (Wildman–Crippen MR) is 55.0 cm³/mol. The third-order valence-electron chi connectivity index (χ3n) is 2.26. The molecule has 1 aliphatic rings. The Labute approximate surface area is 78.4 Å². The maximum absolute atomic E-state index is 5.27. The van der Waals surface area contributed by atoms with Gasteiger partial charge in [0.15, 0.2) is 5.11 Å². The van der Waals surface area contributed by atoms with Crippen LogP contribution in [0.25, 0.3) is 0 Å². The van der Waals surface area contributed by atoms with E-state index in [0.717, 1.165) is 12.8 Å². The summed E-state index contributed by atoms with van der Waals surface area (Å²) >= 11 is 4.66. The highest BCUT2D eigenvalue weighted by Crippen LogP contribution is 2.24. The van der Waals surface area contributed by atoms with Crippen molar-refractivity contribution in [2.75, 3.05) is 0 Å². The van der Waals surface area contributed by atoms with Gasteiger partial charge >= 0.3 is 0 Å². The Balaban J connectivity index is 2.48. The van der Waals surface area contributed by atoms with Crippen LogP contribution >= 0.6 is 12.2 Å². The van der Waals surface area contributed by atoms with E-state index in [4.69, 9.17) is 5.73 Å². The molecule has 1 fully saturated rings. The molecule has 1 atom stereocenters. The molecule has 0 saturated heterocycles. The van der Waals surface area contributed by atoms with E-state index in [1.165, 1.54) is 18.6 Å². The van der Waals surface area contributed by atoms with Gasteiger partial charge in [0.2, 0.25) is 0 Å². The van der Waals surface area contributed by atoms with E-state index in [2.05, 4.69) is 29.7 Å². The first kappa shape index (κ1) is 9.45. The number of hydrogen-bond acceptors (Lipinski definition) is 2. The molecule has 0 bridgehead atoms. The largest absolute Gasteiger partial charge is 0.375 e. The number of nitrogens with two attached hydrogens (primary N) is 1. The summed E-state index contributed by atoms with van der Waals surface area (Å²) in [6, 6.07) is 0. The standard InChI is InChI=1S/C8H15N3S/c1-2-6-4-3-5-7(6)10-11-8(9)12/h6H,2-5H2,1H3,(H3,9,11,12). The molecule has 1 unspecified atom stereocenters. The fourth-order valence-electron chi connectivity index (χ4n) is 1.61. The Hall–Kier alpha value is -0.640. The second-order valence-electron chi connectivity index (χ2n) is 3.08. The summed E-state index contributed by atoms with van der Waals surface area (Å²) in [6.45, 7) is 2.19. The normalized spacial score (nSPS) is 26.1. The lowest BCUT2D eigenvalue weighted by molar-refractivity contribution is 0.641. The minimum absolute atomic E-state index is 0.254. The Morgan fingerprint density at radius 3 is 3.17 bits per heavy atom. The van der Waals surface area contributed by atoms with Crippen LogP contribution in [0.4, 0.5) is 0 Å². The third kappa shape index (κ3) is 2.44. The molecule has 4 heteroatoms. The van der Waals surface area contributed by atoms with Gasteiger partial charge in [-0.05, 0) is 43.8 Å². The van der Waals surface area contributed by atoms with Crippen molar-refractivity contribution in [1.29, 1.82) is 0 Å².